The molecule has 3 atom stereocenters. The number of H-pyrrole nitrogens is 1. The standard InChI is InChI=1S/C22H23F3N2O2/c1-14-5-6-16(13-21(29)9-3-2-4-10-21)27(14)15-7-8-19-17(11-15)18(22(23,24)25)12-20(28)26-19/h2-4,7-9,11-12,14,16,29H,5-6,10,13H2,1H3,(H,26,28)/t14-,16+,21+/m0/s1. The summed E-state index contributed by atoms with van der Waals surface area (Å²) in [6.07, 6.45) is 5.61. The lowest BCUT2D eigenvalue weighted by Crippen LogP contribution is -2.41. The Bertz CT molecular complexity index is 1040. The van der Waals surface area contributed by atoms with Crippen LogP contribution >= 0.6 is 0 Å². The van der Waals surface area contributed by atoms with Crippen molar-refractivity contribution in [2.45, 2.75) is 56.5 Å². The molecule has 0 saturated carbocycles. The van der Waals surface area contributed by atoms with E-state index >= 15 is 0 Å². The number of aromatic nitrogens is 1. The van der Waals surface area contributed by atoms with Crippen LogP contribution in [0.25, 0.3) is 10.9 Å². The molecular weight excluding hydrogens is 381 g/mol. The molecule has 0 unspecified atom stereocenters. The molecule has 29 heavy (non-hydrogen) atoms. The number of hydrogen-bond acceptors (Lipinski definition) is 3. The van der Waals surface area contributed by atoms with Gasteiger partial charge in [0.25, 0.3) is 0 Å². The smallest absolute Gasteiger partial charge is 0.385 e. The average molecular weight is 404 g/mol. The van der Waals surface area contributed by atoms with E-state index in [1.165, 1.54) is 12.1 Å². The summed E-state index contributed by atoms with van der Waals surface area (Å²) < 4.78 is 40.5. The molecule has 1 aromatic heterocycles. The topological polar surface area (TPSA) is 56.3 Å². The van der Waals surface area contributed by atoms with Gasteiger partial charge in [0.15, 0.2) is 0 Å². The van der Waals surface area contributed by atoms with Crippen LogP contribution in [0.2, 0.25) is 0 Å². The highest BCUT2D eigenvalue weighted by molar-refractivity contribution is 5.86. The highest BCUT2D eigenvalue weighted by Crippen LogP contribution is 2.39. The molecule has 0 amide bonds. The van der Waals surface area contributed by atoms with Crippen LogP contribution in [0.15, 0.2) is 53.4 Å². The highest BCUT2D eigenvalue weighted by atomic mass is 19.4. The zero-order valence-corrected chi connectivity index (χ0v) is 16.0. The molecule has 7 heteroatoms. The minimum Gasteiger partial charge on any atom is -0.385 e. The summed E-state index contributed by atoms with van der Waals surface area (Å²) in [6.45, 7) is 2.04. The van der Waals surface area contributed by atoms with E-state index in [1.807, 2.05) is 25.2 Å². The van der Waals surface area contributed by atoms with Crippen LogP contribution in [0.5, 0.6) is 0 Å². The quantitative estimate of drug-likeness (QED) is 0.790. The number of nitrogens with zero attached hydrogens (tertiary/aromatic N) is 1. The minimum absolute atomic E-state index is 0.0145. The summed E-state index contributed by atoms with van der Waals surface area (Å²) in [5.74, 6) is 0. The predicted octanol–water partition coefficient (Wildman–Crippen LogP) is 4.54. The molecule has 4 nitrogen and oxygen atoms in total. The number of aliphatic hydroxyl groups is 1. The largest absolute Gasteiger partial charge is 0.417 e. The number of allylic oxidation sites excluding steroid dienone is 2. The van der Waals surface area contributed by atoms with Gasteiger partial charge in [-0.1, -0.05) is 24.3 Å². The SMILES string of the molecule is C[C@H]1CC[C@H](C[C@@]2(O)C=CC=CC2)N1c1ccc2[nH]c(=O)cc(C(F)(F)F)c2c1. The van der Waals surface area contributed by atoms with Crippen LogP contribution in [-0.4, -0.2) is 27.8 Å². The fraction of sp³-hybridized carbons (Fsp3) is 0.409. The van der Waals surface area contributed by atoms with Crippen molar-refractivity contribution in [3.05, 3.63) is 64.5 Å². The first-order valence-electron chi connectivity index (χ1n) is 9.76. The Hall–Kier alpha value is -2.54. The zero-order chi connectivity index (χ0) is 20.8. The summed E-state index contributed by atoms with van der Waals surface area (Å²) in [6, 6.07) is 5.54. The Morgan fingerprint density at radius 2 is 2.03 bits per heavy atom. The van der Waals surface area contributed by atoms with Crippen LogP contribution in [0.4, 0.5) is 18.9 Å². The molecule has 0 radical (unpaired) electrons. The van der Waals surface area contributed by atoms with E-state index in [0.29, 0.717) is 24.6 Å². The van der Waals surface area contributed by atoms with Gasteiger partial charge in [0.05, 0.1) is 11.2 Å². The number of aromatic amines is 1. The van der Waals surface area contributed by atoms with Crippen molar-refractivity contribution >= 4 is 16.6 Å². The second kappa shape index (κ2) is 7.06. The van der Waals surface area contributed by atoms with Gasteiger partial charge in [0.2, 0.25) is 5.56 Å². The third-order valence-corrected chi connectivity index (χ3v) is 5.93. The van der Waals surface area contributed by atoms with E-state index in [2.05, 4.69) is 9.88 Å². The summed E-state index contributed by atoms with van der Waals surface area (Å²) >= 11 is 0. The van der Waals surface area contributed by atoms with Crippen molar-refractivity contribution in [2.24, 2.45) is 0 Å². The van der Waals surface area contributed by atoms with Crippen molar-refractivity contribution in [2.75, 3.05) is 4.90 Å². The van der Waals surface area contributed by atoms with E-state index in [4.69, 9.17) is 0 Å². The van der Waals surface area contributed by atoms with Gasteiger partial charge in [-0.15, -0.1) is 0 Å². The number of alkyl halides is 3. The van der Waals surface area contributed by atoms with Gasteiger partial charge in [-0.2, -0.15) is 13.2 Å². The lowest BCUT2D eigenvalue weighted by molar-refractivity contribution is -0.136. The molecule has 1 aliphatic carbocycles. The number of nitrogens with one attached hydrogen (secondary N) is 1. The molecule has 0 spiro atoms. The molecule has 2 aromatic rings. The lowest BCUT2D eigenvalue weighted by atomic mass is 9.87. The number of pyridine rings is 1. The van der Waals surface area contributed by atoms with Crippen LogP contribution in [0, 0.1) is 0 Å². The fourth-order valence-electron chi connectivity index (χ4n) is 4.59. The zero-order valence-electron chi connectivity index (χ0n) is 16.0. The fourth-order valence-corrected chi connectivity index (χ4v) is 4.59. The van der Waals surface area contributed by atoms with Crippen molar-refractivity contribution in [1.29, 1.82) is 0 Å². The highest BCUT2D eigenvalue weighted by Gasteiger charge is 2.38. The maximum absolute atomic E-state index is 13.5. The predicted molar refractivity (Wildman–Crippen MR) is 107 cm³/mol. The van der Waals surface area contributed by atoms with Gasteiger partial charge in [-0.05, 0) is 44.4 Å². The first-order chi connectivity index (χ1) is 13.7. The molecule has 2 heterocycles. The summed E-state index contributed by atoms with van der Waals surface area (Å²) in [4.78, 5) is 16.2. The first kappa shape index (κ1) is 19.8. The lowest BCUT2D eigenvalue weighted by Gasteiger charge is -2.36. The number of fused-ring (bicyclic) bond motifs is 1. The molecular formula is C22H23F3N2O2. The Kier molecular flexibility index (Phi) is 4.81. The molecule has 2 aliphatic rings. The molecule has 1 saturated heterocycles. The third kappa shape index (κ3) is 3.83. The monoisotopic (exact) mass is 404 g/mol. The summed E-state index contributed by atoms with van der Waals surface area (Å²) in [7, 11) is 0. The van der Waals surface area contributed by atoms with Gasteiger partial charge in [0, 0.05) is 41.2 Å². The number of rotatable bonds is 3. The molecule has 4 rings (SSSR count). The van der Waals surface area contributed by atoms with Crippen LogP contribution < -0.4 is 10.5 Å². The van der Waals surface area contributed by atoms with Gasteiger partial charge < -0.3 is 15.0 Å². The maximum atomic E-state index is 13.5. The molecule has 0 bridgehead atoms. The molecule has 2 N–H and O–H groups in total. The van der Waals surface area contributed by atoms with Crippen LogP contribution in [0.1, 0.15) is 38.2 Å². The second-order valence-corrected chi connectivity index (χ2v) is 8.06. The van der Waals surface area contributed by atoms with Crippen LogP contribution in [0.3, 0.4) is 0 Å². The Labute approximate surface area is 166 Å². The van der Waals surface area contributed by atoms with Gasteiger partial charge in [-0.25, -0.2) is 0 Å². The summed E-state index contributed by atoms with van der Waals surface area (Å²) in [5.41, 5.74) is -1.81. The average Bonchev–Trinajstić information content (AvgIpc) is 3.00. The third-order valence-electron chi connectivity index (χ3n) is 5.93. The molecule has 1 aliphatic heterocycles. The number of hydrogen-bond donors (Lipinski definition) is 2. The first-order valence-corrected chi connectivity index (χ1v) is 9.76. The maximum Gasteiger partial charge on any atom is 0.417 e. The molecule has 1 aromatic carbocycles. The number of benzene rings is 1. The van der Waals surface area contributed by atoms with Crippen molar-refractivity contribution in [1.82, 2.24) is 4.98 Å². The van der Waals surface area contributed by atoms with Gasteiger partial charge in [0.1, 0.15) is 0 Å². The van der Waals surface area contributed by atoms with Crippen molar-refractivity contribution < 1.29 is 18.3 Å². The van der Waals surface area contributed by atoms with E-state index in [9.17, 15) is 23.1 Å². The van der Waals surface area contributed by atoms with Crippen LogP contribution in [-0.2, 0) is 6.18 Å². The van der Waals surface area contributed by atoms with Gasteiger partial charge in [-0.3, -0.25) is 4.79 Å². The number of halogens is 3. The van der Waals surface area contributed by atoms with E-state index in [1.54, 1.807) is 12.1 Å². The van der Waals surface area contributed by atoms with Crippen molar-refractivity contribution in [3.8, 4) is 0 Å². The minimum atomic E-state index is -4.62. The molecule has 154 valence electrons. The van der Waals surface area contributed by atoms with E-state index in [-0.39, 0.29) is 23.0 Å². The number of anilines is 1. The van der Waals surface area contributed by atoms with E-state index in [0.717, 1.165) is 12.8 Å². The van der Waals surface area contributed by atoms with E-state index < -0.39 is 22.9 Å². The Morgan fingerprint density at radius 1 is 1.24 bits per heavy atom. The molecule has 1 fully saturated rings. The second-order valence-electron chi connectivity index (χ2n) is 8.06. The normalized spacial score (nSPS) is 27.1. The Morgan fingerprint density at radius 3 is 2.72 bits per heavy atom. The van der Waals surface area contributed by atoms with Gasteiger partial charge >= 0.3 is 6.18 Å². The summed E-state index contributed by atoms with van der Waals surface area (Å²) in [5, 5.41) is 10.9. The Balaban J connectivity index is 1.74. The van der Waals surface area contributed by atoms with Crippen molar-refractivity contribution in [3.63, 3.8) is 0 Å².